The zero-order chi connectivity index (χ0) is 15.9. The normalized spacial score (nSPS) is 10.0. The number of thiocarbonyl (C=S) groups is 1. The zero-order valence-corrected chi connectivity index (χ0v) is 13.2. The third kappa shape index (κ3) is 4.30. The summed E-state index contributed by atoms with van der Waals surface area (Å²) in [5, 5.41) is 2.90. The monoisotopic (exact) mass is 314 g/mol. The van der Waals surface area contributed by atoms with Gasteiger partial charge in [0.2, 0.25) is 0 Å². The number of methoxy groups -OCH3 is 1. The highest BCUT2D eigenvalue weighted by atomic mass is 32.1. The van der Waals surface area contributed by atoms with Gasteiger partial charge in [-0.05, 0) is 29.3 Å². The molecular formula is C17H18N2O2S. The maximum Gasteiger partial charge on any atom is 0.251 e. The topological polar surface area (TPSA) is 64.3 Å². The lowest BCUT2D eigenvalue weighted by molar-refractivity contribution is 0.0950. The Morgan fingerprint density at radius 3 is 2.50 bits per heavy atom. The van der Waals surface area contributed by atoms with Crippen molar-refractivity contribution in [3.05, 3.63) is 65.2 Å². The molecule has 0 spiro atoms. The number of ether oxygens (including phenoxy) is 1. The van der Waals surface area contributed by atoms with Gasteiger partial charge in [-0.3, -0.25) is 4.79 Å². The van der Waals surface area contributed by atoms with Crippen LogP contribution in [0.2, 0.25) is 0 Å². The van der Waals surface area contributed by atoms with Crippen molar-refractivity contribution in [3.8, 4) is 5.75 Å². The lowest BCUT2D eigenvalue weighted by Crippen LogP contribution is -2.25. The molecule has 0 aliphatic carbocycles. The third-order valence-corrected chi connectivity index (χ3v) is 3.38. The van der Waals surface area contributed by atoms with Crippen LogP contribution in [0, 0.1) is 0 Å². The fourth-order valence-electron chi connectivity index (χ4n) is 2.10. The molecule has 0 aromatic heterocycles. The number of hydrogen-bond donors (Lipinski definition) is 2. The minimum Gasteiger partial charge on any atom is -0.497 e. The molecule has 5 heteroatoms. The van der Waals surface area contributed by atoms with Crippen LogP contribution in [0.15, 0.2) is 48.5 Å². The van der Waals surface area contributed by atoms with Gasteiger partial charge in [-0.2, -0.15) is 0 Å². The quantitative estimate of drug-likeness (QED) is 0.804. The molecule has 0 atom stereocenters. The van der Waals surface area contributed by atoms with Crippen LogP contribution in [0.25, 0.3) is 0 Å². The SMILES string of the molecule is COc1ccc(CNC(=O)c2ccccc2CC(N)=S)cc1. The molecule has 4 nitrogen and oxygen atoms in total. The fraction of sp³-hybridized carbons (Fsp3) is 0.176. The van der Waals surface area contributed by atoms with E-state index in [0.717, 1.165) is 16.9 Å². The Bertz CT molecular complexity index is 669. The summed E-state index contributed by atoms with van der Waals surface area (Å²) < 4.78 is 5.11. The minimum atomic E-state index is -0.136. The van der Waals surface area contributed by atoms with Crippen molar-refractivity contribution < 1.29 is 9.53 Å². The minimum absolute atomic E-state index is 0.136. The number of amides is 1. The number of rotatable bonds is 6. The molecule has 22 heavy (non-hydrogen) atoms. The fourth-order valence-corrected chi connectivity index (χ4v) is 2.26. The highest BCUT2D eigenvalue weighted by molar-refractivity contribution is 7.80. The molecule has 0 radical (unpaired) electrons. The van der Waals surface area contributed by atoms with Gasteiger partial charge in [0.25, 0.3) is 5.91 Å². The highest BCUT2D eigenvalue weighted by Gasteiger charge is 2.11. The second kappa shape index (κ2) is 7.56. The number of hydrogen-bond acceptors (Lipinski definition) is 3. The zero-order valence-electron chi connectivity index (χ0n) is 12.3. The van der Waals surface area contributed by atoms with E-state index in [2.05, 4.69) is 5.32 Å². The van der Waals surface area contributed by atoms with Gasteiger partial charge in [-0.25, -0.2) is 0 Å². The first-order valence-corrected chi connectivity index (χ1v) is 7.28. The predicted molar refractivity (Wildman–Crippen MR) is 91.1 cm³/mol. The molecule has 0 bridgehead atoms. The Labute approximate surface area is 135 Å². The van der Waals surface area contributed by atoms with E-state index >= 15 is 0 Å². The van der Waals surface area contributed by atoms with E-state index in [-0.39, 0.29) is 5.91 Å². The van der Waals surface area contributed by atoms with Gasteiger partial charge in [0.1, 0.15) is 5.75 Å². The maximum atomic E-state index is 12.3. The van der Waals surface area contributed by atoms with Crippen LogP contribution < -0.4 is 15.8 Å². The van der Waals surface area contributed by atoms with Gasteiger partial charge in [0.15, 0.2) is 0 Å². The number of benzene rings is 2. The molecule has 2 rings (SSSR count). The highest BCUT2D eigenvalue weighted by Crippen LogP contribution is 2.12. The largest absolute Gasteiger partial charge is 0.497 e. The van der Waals surface area contributed by atoms with Crippen molar-refractivity contribution in [1.29, 1.82) is 0 Å². The molecule has 0 aliphatic heterocycles. The predicted octanol–water partition coefficient (Wildman–Crippen LogP) is 2.45. The standard InChI is InChI=1S/C17H18N2O2S/c1-21-14-8-6-12(7-9-14)11-19-17(20)15-5-3-2-4-13(15)10-16(18)22/h2-9H,10-11H2,1H3,(H2,18,22)(H,19,20). The van der Waals surface area contributed by atoms with Crippen LogP contribution in [0.5, 0.6) is 5.75 Å². The Morgan fingerprint density at radius 2 is 1.86 bits per heavy atom. The van der Waals surface area contributed by atoms with Crippen molar-refractivity contribution in [2.24, 2.45) is 5.73 Å². The van der Waals surface area contributed by atoms with Crippen LogP contribution in [0.3, 0.4) is 0 Å². The molecule has 2 aromatic rings. The van der Waals surface area contributed by atoms with Crippen LogP contribution in [0.1, 0.15) is 21.5 Å². The van der Waals surface area contributed by atoms with Gasteiger partial charge in [0.05, 0.1) is 12.1 Å². The van der Waals surface area contributed by atoms with E-state index in [1.165, 1.54) is 0 Å². The molecule has 0 saturated heterocycles. The third-order valence-electron chi connectivity index (χ3n) is 3.24. The first kappa shape index (κ1) is 16.0. The first-order valence-electron chi connectivity index (χ1n) is 6.87. The van der Waals surface area contributed by atoms with Crippen LogP contribution >= 0.6 is 12.2 Å². The van der Waals surface area contributed by atoms with E-state index in [4.69, 9.17) is 22.7 Å². The van der Waals surface area contributed by atoms with Crippen molar-refractivity contribution in [3.63, 3.8) is 0 Å². The summed E-state index contributed by atoms with van der Waals surface area (Å²) >= 11 is 4.92. The number of carbonyl (C=O) groups excluding carboxylic acids is 1. The van der Waals surface area contributed by atoms with Gasteiger partial charge in [-0.15, -0.1) is 0 Å². The van der Waals surface area contributed by atoms with Crippen molar-refractivity contribution >= 4 is 23.1 Å². The van der Waals surface area contributed by atoms with E-state index in [0.29, 0.717) is 23.5 Å². The van der Waals surface area contributed by atoms with Gasteiger partial charge < -0.3 is 15.8 Å². The Morgan fingerprint density at radius 1 is 1.18 bits per heavy atom. The van der Waals surface area contributed by atoms with Crippen LogP contribution in [-0.4, -0.2) is 18.0 Å². The molecule has 0 saturated carbocycles. The molecule has 0 unspecified atom stereocenters. The number of nitrogens with two attached hydrogens (primary N) is 1. The molecule has 2 aromatic carbocycles. The summed E-state index contributed by atoms with van der Waals surface area (Å²) in [6, 6.07) is 14.9. The molecular weight excluding hydrogens is 296 g/mol. The van der Waals surface area contributed by atoms with E-state index < -0.39 is 0 Å². The Balaban J connectivity index is 2.04. The molecule has 0 heterocycles. The maximum absolute atomic E-state index is 12.3. The molecule has 114 valence electrons. The van der Waals surface area contributed by atoms with Crippen LogP contribution in [-0.2, 0) is 13.0 Å². The average molecular weight is 314 g/mol. The second-order valence-corrected chi connectivity index (χ2v) is 5.36. The Hall–Kier alpha value is -2.40. The first-order chi connectivity index (χ1) is 10.6. The number of carbonyl (C=O) groups is 1. The summed E-state index contributed by atoms with van der Waals surface area (Å²) in [5.41, 5.74) is 8.01. The summed E-state index contributed by atoms with van der Waals surface area (Å²) in [4.78, 5) is 12.7. The Kier molecular flexibility index (Phi) is 5.49. The van der Waals surface area contributed by atoms with E-state index in [1.807, 2.05) is 42.5 Å². The van der Waals surface area contributed by atoms with Crippen molar-refractivity contribution in [2.45, 2.75) is 13.0 Å². The van der Waals surface area contributed by atoms with Crippen molar-refractivity contribution in [2.75, 3.05) is 7.11 Å². The smallest absolute Gasteiger partial charge is 0.251 e. The molecule has 0 fully saturated rings. The van der Waals surface area contributed by atoms with E-state index in [1.54, 1.807) is 13.2 Å². The lowest BCUT2D eigenvalue weighted by Gasteiger charge is -2.10. The van der Waals surface area contributed by atoms with Crippen LogP contribution in [0.4, 0.5) is 0 Å². The average Bonchev–Trinajstić information content (AvgIpc) is 2.53. The number of nitrogens with one attached hydrogen (secondary N) is 1. The molecule has 3 N–H and O–H groups in total. The van der Waals surface area contributed by atoms with Gasteiger partial charge in [-0.1, -0.05) is 42.5 Å². The molecule has 0 aliphatic rings. The summed E-state index contributed by atoms with van der Waals surface area (Å²) in [6.07, 6.45) is 0.418. The van der Waals surface area contributed by atoms with E-state index in [9.17, 15) is 4.79 Å². The second-order valence-electron chi connectivity index (χ2n) is 4.83. The molecule has 1 amide bonds. The summed E-state index contributed by atoms with van der Waals surface area (Å²) in [6.45, 7) is 0.449. The summed E-state index contributed by atoms with van der Waals surface area (Å²) in [7, 11) is 1.62. The lowest BCUT2D eigenvalue weighted by atomic mass is 10.0. The van der Waals surface area contributed by atoms with Gasteiger partial charge >= 0.3 is 0 Å². The van der Waals surface area contributed by atoms with Gasteiger partial charge in [0, 0.05) is 18.5 Å². The van der Waals surface area contributed by atoms with Crippen molar-refractivity contribution in [1.82, 2.24) is 5.32 Å². The summed E-state index contributed by atoms with van der Waals surface area (Å²) in [5.74, 6) is 0.652.